The molecule has 1 unspecified atom stereocenters. The van der Waals surface area contributed by atoms with Gasteiger partial charge in [-0.25, -0.2) is 8.42 Å². The van der Waals surface area contributed by atoms with E-state index in [1.807, 2.05) is 6.07 Å². The van der Waals surface area contributed by atoms with Crippen molar-refractivity contribution < 1.29 is 8.42 Å². The molecule has 3 aromatic rings. The van der Waals surface area contributed by atoms with Crippen LogP contribution in [-0.4, -0.2) is 37.9 Å². The number of piperidine rings is 1. The van der Waals surface area contributed by atoms with Crippen LogP contribution in [0.5, 0.6) is 0 Å². The van der Waals surface area contributed by atoms with Crippen molar-refractivity contribution in [1.82, 2.24) is 9.62 Å². The summed E-state index contributed by atoms with van der Waals surface area (Å²) in [6.07, 6.45) is 0. The maximum Gasteiger partial charge on any atom is 0.243 e. The molecule has 148 valence electrons. The summed E-state index contributed by atoms with van der Waals surface area (Å²) < 4.78 is 28.1. The lowest BCUT2D eigenvalue weighted by Crippen LogP contribution is -2.73. The van der Waals surface area contributed by atoms with Gasteiger partial charge in [-0.2, -0.15) is 4.31 Å². The lowest BCUT2D eigenvalue weighted by atomic mass is 9.74. The Bertz CT molecular complexity index is 1100. The van der Waals surface area contributed by atoms with Gasteiger partial charge in [-0.1, -0.05) is 72.3 Å². The van der Waals surface area contributed by atoms with Crippen molar-refractivity contribution >= 4 is 10.0 Å². The summed E-state index contributed by atoms with van der Waals surface area (Å²) in [6.45, 7) is 3.46. The van der Waals surface area contributed by atoms with Crippen LogP contribution in [0, 0.1) is 6.92 Å². The second-order valence-corrected chi connectivity index (χ2v) is 9.80. The van der Waals surface area contributed by atoms with Crippen LogP contribution in [0.4, 0.5) is 0 Å². The molecule has 0 aliphatic carbocycles. The highest BCUT2D eigenvalue weighted by atomic mass is 32.2. The third kappa shape index (κ3) is 3.10. The minimum absolute atomic E-state index is 0.0378. The topological polar surface area (TPSA) is 49.4 Å². The van der Waals surface area contributed by atoms with Crippen LogP contribution in [-0.2, 0) is 10.0 Å². The van der Waals surface area contributed by atoms with Crippen molar-refractivity contribution in [3.8, 4) is 11.1 Å². The molecule has 2 saturated heterocycles. The average molecular weight is 405 g/mol. The van der Waals surface area contributed by atoms with Gasteiger partial charge in [-0.3, -0.25) is 0 Å². The second-order valence-electron chi connectivity index (χ2n) is 7.95. The van der Waals surface area contributed by atoms with E-state index in [0.717, 1.165) is 0 Å². The molecular weight excluding hydrogens is 380 g/mol. The van der Waals surface area contributed by atoms with E-state index in [2.05, 4.69) is 60.8 Å². The molecule has 2 fully saturated rings. The van der Waals surface area contributed by atoms with Crippen LogP contribution in [0.15, 0.2) is 83.8 Å². The number of nitrogens with zero attached hydrogens (tertiary/aromatic N) is 1. The molecule has 0 spiro atoms. The molecule has 4 nitrogen and oxygen atoms in total. The van der Waals surface area contributed by atoms with Gasteiger partial charge in [0.25, 0.3) is 0 Å². The number of sulfonamides is 1. The number of rotatable bonds is 4. The monoisotopic (exact) mass is 404 g/mol. The molecule has 1 N–H and O–H groups in total. The maximum absolute atomic E-state index is 13.2. The molecule has 0 aromatic heterocycles. The lowest BCUT2D eigenvalue weighted by Gasteiger charge is -2.57. The summed E-state index contributed by atoms with van der Waals surface area (Å²) in [6, 6.07) is 25.8. The Morgan fingerprint density at radius 3 is 1.93 bits per heavy atom. The van der Waals surface area contributed by atoms with E-state index in [0.29, 0.717) is 18.0 Å². The van der Waals surface area contributed by atoms with Crippen LogP contribution in [0.25, 0.3) is 11.1 Å². The first-order valence-corrected chi connectivity index (χ1v) is 11.5. The van der Waals surface area contributed by atoms with E-state index < -0.39 is 10.0 Å². The molecule has 0 amide bonds. The SMILES string of the molecule is Cc1ccc(-c2ccc(C3[C@H]4CNC[C@@H]3N4S(=O)(=O)c3ccccc3)cc2)cc1. The summed E-state index contributed by atoms with van der Waals surface area (Å²) in [4.78, 5) is 0.380. The van der Waals surface area contributed by atoms with Crippen LogP contribution in [0.2, 0.25) is 0 Å². The molecule has 5 heteroatoms. The van der Waals surface area contributed by atoms with Gasteiger partial charge < -0.3 is 5.32 Å². The summed E-state index contributed by atoms with van der Waals surface area (Å²) in [5, 5.41) is 3.37. The average Bonchev–Trinajstić information content (AvgIpc) is 2.76. The van der Waals surface area contributed by atoms with Gasteiger partial charge in [0.2, 0.25) is 10.0 Å². The Morgan fingerprint density at radius 2 is 1.34 bits per heavy atom. The van der Waals surface area contributed by atoms with Crippen LogP contribution in [0.1, 0.15) is 17.0 Å². The Morgan fingerprint density at radius 1 is 0.793 bits per heavy atom. The molecule has 29 heavy (non-hydrogen) atoms. The van der Waals surface area contributed by atoms with Crippen molar-refractivity contribution in [1.29, 1.82) is 0 Å². The molecule has 2 bridgehead atoms. The third-order valence-electron chi connectivity index (χ3n) is 6.19. The zero-order valence-corrected chi connectivity index (χ0v) is 17.1. The summed E-state index contributed by atoms with van der Waals surface area (Å²) in [5.74, 6) is 0.238. The highest BCUT2D eigenvalue weighted by Crippen LogP contribution is 2.46. The van der Waals surface area contributed by atoms with Gasteiger partial charge in [-0.05, 0) is 35.7 Å². The quantitative estimate of drug-likeness (QED) is 0.720. The van der Waals surface area contributed by atoms with Crippen molar-refractivity contribution in [3.05, 3.63) is 90.0 Å². The summed E-state index contributed by atoms with van der Waals surface area (Å²) in [7, 11) is -3.46. The van der Waals surface area contributed by atoms with Crippen LogP contribution in [0.3, 0.4) is 0 Å². The van der Waals surface area contributed by atoms with Gasteiger partial charge in [0.1, 0.15) is 0 Å². The molecular formula is C24H24N2O2S. The molecule has 5 rings (SSSR count). The van der Waals surface area contributed by atoms with E-state index >= 15 is 0 Å². The number of aryl methyl sites for hydroxylation is 1. The predicted octanol–water partition coefficient (Wildman–Crippen LogP) is 3.79. The van der Waals surface area contributed by atoms with Crippen LogP contribution < -0.4 is 5.32 Å². The number of hydrogen-bond donors (Lipinski definition) is 1. The predicted molar refractivity (Wildman–Crippen MR) is 115 cm³/mol. The van der Waals surface area contributed by atoms with Gasteiger partial charge in [0, 0.05) is 31.1 Å². The maximum atomic E-state index is 13.2. The number of nitrogens with one attached hydrogen (secondary N) is 1. The van der Waals surface area contributed by atoms with Gasteiger partial charge in [0.05, 0.1) is 4.90 Å². The van der Waals surface area contributed by atoms with E-state index in [9.17, 15) is 8.42 Å². The number of fused-ring (bicyclic) bond motifs is 2. The fraction of sp³-hybridized carbons (Fsp3) is 0.250. The zero-order chi connectivity index (χ0) is 20.0. The first-order chi connectivity index (χ1) is 14.1. The highest BCUT2D eigenvalue weighted by Gasteiger charge is 2.56. The third-order valence-corrected chi connectivity index (χ3v) is 8.15. The summed E-state index contributed by atoms with van der Waals surface area (Å²) >= 11 is 0. The van der Waals surface area contributed by atoms with E-state index in [1.165, 1.54) is 22.3 Å². The van der Waals surface area contributed by atoms with Gasteiger partial charge >= 0.3 is 0 Å². The van der Waals surface area contributed by atoms with E-state index in [-0.39, 0.29) is 18.0 Å². The van der Waals surface area contributed by atoms with Crippen molar-refractivity contribution in [2.45, 2.75) is 29.8 Å². The molecule has 2 heterocycles. The number of benzene rings is 3. The zero-order valence-electron chi connectivity index (χ0n) is 16.3. The Hall–Kier alpha value is -2.47. The molecule has 3 aromatic carbocycles. The summed E-state index contributed by atoms with van der Waals surface area (Å²) in [5.41, 5.74) is 4.85. The van der Waals surface area contributed by atoms with Crippen LogP contribution >= 0.6 is 0 Å². The minimum atomic E-state index is -3.46. The molecule has 3 atom stereocenters. The molecule has 2 aliphatic heterocycles. The second kappa shape index (κ2) is 7.10. The Balaban J connectivity index is 1.41. The molecule has 0 saturated carbocycles. The molecule has 2 aliphatic rings. The highest BCUT2D eigenvalue weighted by molar-refractivity contribution is 7.89. The standard InChI is InChI=1S/C24H24N2O2S/c1-17-7-9-18(10-8-17)19-11-13-20(14-12-19)24-22-15-25-16-23(24)26(22)29(27,28)21-5-3-2-4-6-21/h2-14,22-25H,15-16H2,1H3/t22-,23+,24?. The van der Waals surface area contributed by atoms with Crippen molar-refractivity contribution in [3.63, 3.8) is 0 Å². The fourth-order valence-electron chi connectivity index (χ4n) is 4.69. The fourth-order valence-corrected chi connectivity index (χ4v) is 6.56. The first-order valence-electron chi connectivity index (χ1n) is 10.0. The number of piperazine rings is 1. The van der Waals surface area contributed by atoms with Crippen molar-refractivity contribution in [2.24, 2.45) is 0 Å². The smallest absolute Gasteiger partial charge is 0.243 e. The lowest BCUT2D eigenvalue weighted by molar-refractivity contribution is 0.0370. The van der Waals surface area contributed by atoms with E-state index in [1.54, 1.807) is 28.6 Å². The van der Waals surface area contributed by atoms with Crippen molar-refractivity contribution in [2.75, 3.05) is 13.1 Å². The Kier molecular flexibility index (Phi) is 4.54. The normalized spacial score (nSPS) is 24.1. The van der Waals surface area contributed by atoms with E-state index in [4.69, 9.17) is 0 Å². The largest absolute Gasteiger partial charge is 0.313 e. The van der Waals surface area contributed by atoms with Gasteiger partial charge in [0.15, 0.2) is 0 Å². The Labute approximate surface area is 172 Å². The van der Waals surface area contributed by atoms with Gasteiger partial charge in [-0.15, -0.1) is 0 Å². The first kappa shape index (κ1) is 18.6. The molecule has 0 radical (unpaired) electrons. The minimum Gasteiger partial charge on any atom is -0.313 e. The number of hydrogen-bond acceptors (Lipinski definition) is 3.